The van der Waals surface area contributed by atoms with E-state index >= 15 is 0 Å². The number of carbonyl (C=O) groups excluding carboxylic acids is 1. The number of amides is 1. The highest BCUT2D eigenvalue weighted by Crippen LogP contribution is 2.24. The lowest BCUT2D eigenvalue weighted by Gasteiger charge is -2.06. The van der Waals surface area contributed by atoms with Gasteiger partial charge >= 0.3 is 0 Å². The van der Waals surface area contributed by atoms with Crippen LogP contribution in [0.4, 0.5) is 4.39 Å². The van der Waals surface area contributed by atoms with Gasteiger partial charge < -0.3 is 10.5 Å². The molecule has 1 amide bonds. The second-order valence-electron chi connectivity index (χ2n) is 4.14. The molecule has 0 heterocycles. The number of primary amides is 1. The van der Waals surface area contributed by atoms with Crippen molar-refractivity contribution in [3.63, 3.8) is 0 Å². The minimum atomic E-state index is -0.504. The quantitative estimate of drug-likeness (QED) is 0.832. The zero-order chi connectivity index (χ0) is 14.4. The molecule has 5 heteroatoms. The molecule has 0 aliphatic heterocycles. The zero-order valence-corrected chi connectivity index (χ0v) is 11.5. The summed E-state index contributed by atoms with van der Waals surface area (Å²) in [5.41, 5.74) is 6.08. The molecule has 0 saturated heterocycles. The van der Waals surface area contributed by atoms with E-state index in [1.165, 1.54) is 12.1 Å². The minimum Gasteiger partial charge on any atom is -0.484 e. The Kier molecular flexibility index (Phi) is 5.01. The van der Waals surface area contributed by atoms with Gasteiger partial charge in [-0.05, 0) is 42.0 Å². The van der Waals surface area contributed by atoms with Crippen molar-refractivity contribution < 1.29 is 13.9 Å². The molecule has 2 aromatic carbocycles. The maximum Gasteiger partial charge on any atom is 0.255 e. The molecule has 0 aromatic heterocycles. The molecule has 104 valence electrons. The summed E-state index contributed by atoms with van der Waals surface area (Å²) in [4.78, 5) is 11.7. The van der Waals surface area contributed by atoms with Gasteiger partial charge in [-0.3, -0.25) is 4.79 Å². The fraction of sp³-hybridized carbons (Fsp3) is 0.133. The lowest BCUT2D eigenvalue weighted by atomic mass is 10.2. The Morgan fingerprint density at radius 2 is 1.95 bits per heavy atom. The van der Waals surface area contributed by atoms with Crippen molar-refractivity contribution in [2.24, 2.45) is 5.73 Å². The predicted octanol–water partition coefficient (Wildman–Crippen LogP) is 2.98. The second kappa shape index (κ2) is 6.96. The summed E-state index contributed by atoms with van der Waals surface area (Å²) in [6.45, 7) is -0.130. The highest BCUT2D eigenvalue weighted by atomic mass is 32.2. The third-order valence-electron chi connectivity index (χ3n) is 2.50. The maximum atomic E-state index is 12.8. The van der Waals surface area contributed by atoms with Gasteiger partial charge in [0.25, 0.3) is 5.91 Å². The average molecular weight is 291 g/mol. The van der Waals surface area contributed by atoms with E-state index in [0.29, 0.717) is 5.75 Å². The fourth-order valence-corrected chi connectivity index (χ4v) is 2.42. The zero-order valence-electron chi connectivity index (χ0n) is 10.7. The second-order valence-corrected chi connectivity index (χ2v) is 5.19. The molecule has 0 saturated carbocycles. The lowest BCUT2D eigenvalue weighted by Crippen LogP contribution is -2.20. The van der Waals surface area contributed by atoms with Gasteiger partial charge in [-0.1, -0.05) is 12.1 Å². The van der Waals surface area contributed by atoms with Gasteiger partial charge in [0.2, 0.25) is 0 Å². The van der Waals surface area contributed by atoms with Crippen LogP contribution >= 0.6 is 11.8 Å². The first-order chi connectivity index (χ1) is 9.63. The molecule has 0 atom stereocenters. The third kappa shape index (κ3) is 4.59. The summed E-state index contributed by atoms with van der Waals surface area (Å²) in [7, 11) is 0. The van der Waals surface area contributed by atoms with Crippen LogP contribution in [0.1, 0.15) is 5.56 Å². The Balaban J connectivity index is 1.94. The van der Waals surface area contributed by atoms with E-state index in [1.807, 2.05) is 18.2 Å². The van der Waals surface area contributed by atoms with Gasteiger partial charge in [-0.2, -0.15) is 0 Å². The van der Waals surface area contributed by atoms with Crippen LogP contribution in [0.15, 0.2) is 53.4 Å². The van der Waals surface area contributed by atoms with Gasteiger partial charge in [-0.25, -0.2) is 4.39 Å². The van der Waals surface area contributed by atoms with E-state index in [2.05, 4.69) is 0 Å². The average Bonchev–Trinajstić information content (AvgIpc) is 2.45. The molecule has 0 aliphatic rings. The number of carbonyl (C=O) groups is 1. The highest BCUT2D eigenvalue weighted by Gasteiger charge is 2.01. The molecule has 0 bridgehead atoms. The van der Waals surface area contributed by atoms with Crippen molar-refractivity contribution in [1.29, 1.82) is 0 Å². The number of ether oxygens (including phenoxy) is 1. The largest absolute Gasteiger partial charge is 0.484 e. The number of rotatable bonds is 6. The molecule has 0 fully saturated rings. The topological polar surface area (TPSA) is 52.3 Å². The van der Waals surface area contributed by atoms with Gasteiger partial charge in [-0.15, -0.1) is 11.8 Å². The Morgan fingerprint density at radius 1 is 1.20 bits per heavy atom. The van der Waals surface area contributed by atoms with Crippen LogP contribution in [0.25, 0.3) is 0 Å². The number of halogens is 1. The molecule has 20 heavy (non-hydrogen) atoms. The van der Waals surface area contributed by atoms with Crippen LogP contribution in [0.5, 0.6) is 5.75 Å². The Hall–Kier alpha value is -2.01. The number of hydrogen-bond acceptors (Lipinski definition) is 3. The first-order valence-electron chi connectivity index (χ1n) is 6.02. The van der Waals surface area contributed by atoms with Crippen LogP contribution < -0.4 is 10.5 Å². The molecule has 2 aromatic rings. The van der Waals surface area contributed by atoms with Crippen molar-refractivity contribution in [1.82, 2.24) is 0 Å². The Labute approximate surface area is 120 Å². The molecular weight excluding hydrogens is 277 g/mol. The molecule has 0 unspecified atom stereocenters. The van der Waals surface area contributed by atoms with E-state index in [0.717, 1.165) is 16.2 Å². The van der Waals surface area contributed by atoms with Crippen LogP contribution in [0.2, 0.25) is 0 Å². The lowest BCUT2D eigenvalue weighted by molar-refractivity contribution is -0.119. The summed E-state index contributed by atoms with van der Waals surface area (Å²) in [5, 5.41) is 0. The Morgan fingerprint density at radius 3 is 2.65 bits per heavy atom. The van der Waals surface area contributed by atoms with Crippen LogP contribution in [-0.2, 0) is 10.5 Å². The molecule has 2 N–H and O–H groups in total. The summed E-state index contributed by atoms with van der Waals surface area (Å²) >= 11 is 1.60. The number of nitrogens with two attached hydrogens (primary N) is 1. The van der Waals surface area contributed by atoms with Crippen LogP contribution in [0.3, 0.4) is 0 Å². The molecule has 3 nitrogen and oxygen atoms in total. The van der Waals surface area contributed by atoms with Crippen molar-refractivity contribution in [3.8, 4) is 5.75 Å². The van der Waals surface area contributed by atoms with E-state index in [-0.39, 0.29) is 12.4 Å². The van der Waals surface area contributed by atoms with Gasteiger partial charge in [0, 0.05) is 10.6 Å². The normalized spacial score (nSPS) is 10.2. The summed E-state index contributed by atoms with van der Waals surface area (Å²) < 4.78 is 18.0. The van der Waals surface area contributed by atoms with Gasteiger partial charge in [0.1, 0.15) is 11.6 Å². The summed E-state index contributed by atoms with van der Waals surface area (Å²) in [6.07, 6.45) is 0. The first kappa shape index (κ1) is 14.4. The highest BCUT2D eigenvalue weighted by molar-refractivity contribution is 7.98. The molecular formula is C15H14FNO2S. The van der Waals surface area contributed by atoms with Crippen LogP contribution in [-0.4, -0.2) is 12.5 Å². The Bertz CT molecular complexity index is 587. The van der Waals surface area contributed by atoms with Crippen molar-refractivity contribution in [2.45, 2.75) is 10.6 Å². The molecule has 0 aliphatic carbocycles. The molecule has 0 radical (unpaired) electrons. The number of thioether (sulfide) groups is 1. The maximum absolute atomic E-state index is 12.8. The molecule has 0 spiro atoms. The fourth-order valence-electron chi connectivity index (χ4n) is 1.58. The number of benzene rings is 2. The van der Waals surface area contributed by atoms with Gasteiger partial charge in [0.05, 0.1) is 0 Å². The SMILES string of the molecule is NC(=O)COc1cccc(CSc2ccc(F)cc2)c1. The minimum absolute atomic E-state index is 0.130. The predicted molar refractivity (Wildman–Crippen MR) is 77.1 cm³/mol. The van der Waals surface area contributed by atoms with E-state index in [1.54, 1.807) is 30.0 Å². The van der Waals surface area contributed by atoms with Crippen molar-refractivity contribution >= 4 is 17.7 Å². The molecule has 2 rings (SSSR count). The third-order valence-corrected chi connectivity index (χ3v) is 3.58. The van der Waals surface area contributed by atoms with Crippen molar-refractivity contribution in [2.75, 3.05) is 6.61 Å². The number of hydrogen-bond donors (Lipinski definition) is 1. The van der Waals surface area contributed by atoms with Crippen LogP contribution in [0, 0.1) is 5.82 Å². The summed E-state index contributed by atoms with van der Waals surface area (Å²) in [5.74, 6) is 0.604. The van der Waals surface area contributed by atoms with E-state index in [4.69, 9.17) is 10.5 Å². The van der Waals surface area contributed by atoms with Crippen molar-refractivity contribution in [3.05, 3.63) is 59.9 Å². The monoisotopic (exact) mass is 291 g/mol. The standard InChI is InChI=1S/C15H14FNO2S/c16-12-4-6-14(7-5-12)20-10-11-2-1-3-13(8-11)19-9-15(17)18/h1-8H,9-10H2,(H2,17,18). The smallest absolute Gasteiger partial charge is 0.255 e. The van der Waals surface area contributed by atoms with Gasteiger partial charge in [0.15, 0.2) is 6.61 Å². The van der Waals surface area contributed by atoms with E-state index in [9.17, 15) is 9.18 Å². The summed E-state index contributed by atoms with van der Waals surface area (Å²) in [6, 6.07) is 13.8. The van der Waals surface area contributed by atoms with E-state index < -0.39 is 5.91 Å². The first-order valence-corrected chi connectivity index (χ1v) is 7.00.